The zero-order valence-corrected chi connectivity index (χ0v) is 15.9. The minimum Gasteiger partial charge on any atom is -0.330 e. The second-order valence-corrected chi connectivity index (χ2v) is 7.57. The van der Waals surface area contributed by atoms with Gasteiger partial charge in [0, 0.05) is 36.0 Å². The second-order valence-electron chi connectivity index (χ2n) is 6.71. The van der Waals surface area contributed by atoms with Gasteiger partial charge in [0.15, 0.2) is 5.13 Å². The highest BCUT2D eigenvalue weighted by atomic mass is 32.1. The molecule has 0 aliphatic carbocycles. The number of benzene rings is 1. The molecular weight excluding hydrogens is 368 g/mol. The summed E-state index contributed by atoms with van der Waals surface area (Å²) < 4.78 is 0. The monoisotopic (exact) mass is 388 g/mol. The molecule has 1 unspecified atom stereocenters. The van der Waals surface area contributed by atoms with E-state index in [1.165, 1.54) is 23.5 Å². The van der Waals surface area contributed by atoms with Crippen molar-refractivity contribution in [2.75, 3.05) is 11.9 Å². The van der Waals surface area contributed by atoms with E-state index in [0.29, 0.717) is 29.4 Å². The van der Waals surface area contributed by atoms with E-state index in [1.807, 2.05) is 13.8 Å². The minimum atomic E-state index is -0.537. The van der Waals surface area contributed by atoms with Gasteiger partial charge in [0.05, 0.1) is 10.6 Å². The number of hydrogen-bond acceptors (Lipinski definition) is 6. The predicted octanol–water partition coefficient (Wildman–Crippen LogP) is 3.30. The molecule has 2 amide bonds. The van der Waals surface area contributed by atoms with Gasteiger partial charge in [-0.25, -0.2) is 4.98 Å². The quantitative estimate of drug-likeness (QED) is 0.604. The molecule has 142 valence electrons. The number of non-ortho nitro benzene ring substituents is 1. The van der Waals surface area contributed by atoms with Crippen LogP contribution in [0.15, 0.2) is 29.6 Å². The molecule has 1 aromatic heterocycles. The Bertz CT molecular complexity index is 880. The lowest BCUT2D eigenvalue weighted by atomic mass is 10.0. The zero-order chi connectivity index (χ0) is 19.6. The Hall–Kier alpha value is -2.81. The van der Waals surface area contributed by atoms with Crippen LogP contribution in [-0.4, -0.2) is 39.2 Å². The van der Waals surface area contributed by atoms with Crippen molar-refractivity contribution < 1.29 is 14.5 Å². The Morgan fingerprint density at radius 3 is 2.81 bits per heavy atom. The molecule has 2 aromatic rings. The maximum Gasteiger partial charge on any atom is 0.270 e. The first-order valence-corrected chi connectivity index (χ1v) is 9.55. The highest BCUT2D eigenvalue weighted by molar-refractivity contribution is 7.14. The minimum absolute atomic E-state index is 0.000253. The van der Waals surface area contributed by atoms with Gasteiger partial charge in [-0.2, -0.15) is 0 Å². The predicted molar refractivity (Wildman–Crippen MR) is 102 cm³/mol. The van der Waals surface area contributed by atoms with Gasteiger partial charge in [-0.05, 0) is 12.3 Å². The average Bonchev–Trinajstić information content (AvgIpc) is 3.25. The van der Waals surface area contributed by atoms with E-state index >= 15 is 0 Å². The third-order valence-electron chi connectivity index (χ3n) is 4.43. The van der Waals surface area contributed by atoms with Crippen LogP contribution in [0, 0.1) is 16.0 Å². The fraction of sp³-hybridized carbons (Fsp3) is 0.389. The molecule has 0 bridgehead atoms. The lowest BCUT2D eigenvalue weighted by molar-refractivity contribution is -0.384. The standard InChI is InChI=1S/C18H20N4O4S/c1-11(2)16(21-8-4-7-15(21)23)17(24)20-18-19-14(10-27-18)12-5-3-6-13(9-12)22(25)26/h3,5-6,9-11,16H,4,7-8H2,1-2H3,(H,19,20,24). The third-order valence-corrected chi connectivity index (χ3v) is 5.19. The summed E-state index contributed by atoms with van der Waals surface area (Å²) in [7, 11) is 0. The topological polar surface area (TPSA) is 105 Å². The van der Waals surface area contributed by atoms with Crippen LogP contribution in [-0.2, 0) is 9.59 Å². The van der Waals surface area contributed by atoms with Crippen LogP contribution >= 0.6 is 11.3 Å². The number of nitro benzene ring substituents is 1. The molecule has 1 saturated heterocycles. The summed E-state index contributed by atoms with van der Waals surface area (Å²) in [4.78, 5) is 41.2. The number of amides is 2. The van der Waals surface area contributed by atoms with E-state index in [0.717, 1.165) is 6.42 Å². The summed E-state index contributed by atoms with van der Waals surface area (Å²) in [5.74, 6) is -0.288. The van der Waals surface area contributed by atoms with Gasteiger partial charge in [-0.1, -0.05) is 26.0 Å². The van der Waals surface area contributed by atoms with Crippen molar-refractivity contribution in [3.63, 3.8) is 0 Å². The molecular formula is C18H20N4O4S. The van der Waals surface area contributed by atoms with Crippen LogP contribution in [0.2, 0.25) is 0 Å². The molecule has 1 atom stereocenters. The van der Waals surface area contributed by atoms with Crippen LogP contribution in [0.5, 0.6) is 0 Å². The summed E-state index contributed by atoms with van der Waals surface area (Å²) in [6.45, 7) is 4.41. The third kappa shape index (κ3) is 4.13. The molecule has 3 rings (SSSR count). The molecule has 1 fully saturated rings. The number of anilines is 1. The van der Waals surface area contributed by atoms with Crippen LogP contribution in [0.3, 0.4) is 0 Å². The summed E-state index contributed by atoms with van der Waals surface area (Å²) in [6.07, 6.45) is 1.24. The summed E-state index contributed by atoms with van der Waals surface area (Å²) in [6, 6.07) is 5.65. The smallest absolute Gasteiger partial charge is 0.270 e. The Morgan fingerprint density at radius 2 is 2.19 bits per heavy atom. The molecule has 1 N–H and O–H groups in total. The van der Waals surface area contributed by atoms with Crippen molar-refractivity contribution in [1.29, 1.82) is 0 Å². The van der Waals surface area contributed by atoms with Crippen molar-refractivity contribution in [3.8, 4) is 11.3 Å². The normalized spacial score (nSPS) is 15.2. The van der Waals surface area contributed by atoms with Crippen molar-refractivity contribution in [3.05, 3.63) is 39.8 Å². The number of aromatic nitrogens is 1. The SMILES string of the molecule is CC(C)C(C(=O)Nc1nc(-c2cccc([N+](=O)[O-])c2)cs1)N1CCCC1=O. The summed E-state index contributed by atoms with van der Waals surface area (Å²) >= 11 is 1.24. The zero-order valence-electron chi connectivity index (χ0n) is 15.0. The van der Waals surface area contributed by atoms with Gasteiger partial charge in [-0.15, -0.1) is 11.3 Å². The van der Waals surface area contributed by atoms with Gasteiger partial charge < -0.3 is 10.2 Å². The lowest BCUT2D eigenvalue weighted by Crippen LogP contribution is -2.47. The molecule has 27 heavy (non-hydrogen) atoms. The molecule has 1 aromatic carbocycles. The first-order chi connectivity index (χ1) is 12.9. The molecule has 0 saturated carbocycles. The fourth-order valence-corrected chi connectivity index (χ4v) is 3.91. The Morgan fingerprint density at radius 1 is 1.41 bits per heavy atom. The van der Waals surface area contributed by atoms with E-state index in [9.17, 15) is 19.7 Å². The van der Waals surface area contributed by atoms with Crippen LogP contribution in [0.1, 0.15) is 26.7 Å². The van der Waals surface area contributed by atoms with Gasteiger partial charge in [0.25, 0.3) is 5.69 Å². The van der Waals surface area contributed by atoms with Crippen LogP contribution < -0.4 is 5.32 Å². The Kier molecular flexibility index (Phi) is 5.50. The van der Waals surface area contributed by atoms with Crippen molar-refractivity contribution in [1.82, 2.24) is 9.88 Å². The molecule has 9 heteroatoms. The van der Waals surface area contributed by atoms with E-state index in [1.54, 1.807) is 22.4 Å². The highest BCUT2D eigenvalue weighted by Gasteiger charge is 2.35. The molecule has 8 nitrogen and oxygen atoms in total. The first kappa shape index (κ1) is 19.0. The van der Waals surface area contributed by atoms with Crippen LogP contribution in [0.4, 0.5) is 10.8 Å². The molecule has 2 heterocycles. The van der Waals surface area contributed by atoms with Gasteiger partial charge >= 0.3 is 0 Å². The number of rotatable bonds is 6. The number of nitrogens with one attached hydrogen (secondary N) is 1. The number of carbonyl (C=O) groups excluding carboxylic acids is 2. The Labute approximate surface area is 160 Å². The van der Waals surface area contributed by atoms with Crippen molar-refractivity contribution in [2.45, 2.75) is 32.7 Å². The van der Waals surface area contributed by atoms with Gasteiger partial charge in [0.2, 0.25) is 11.8 Å². The highest BCUT2D eigenvalue weighted by Crippen LogP contribution is 2.28. The van der Waals surface area contributed by atoms with E-state index in [-0.39, 0.29) is 23.4 Å². The number of hydrogen-bond donors (Lipinski definition) is 1. The van der Waals surface area contributed by atoms with Gasteiger partial charge in [0.1, 0.15) is 6.04 Å². The summed E-state index contributed by atoms with van der Waals surface area (Å²) in [5, 5.41) is 15.9. The van der Waals surface area contributed by atoms with E-state index in [2.05, 4.69) is 10.3 Å². The average molecular weight is 388 g/mol. The summed E-state index contributed by atoms with van der Waals surface area (Å²) in [5.41, 5.74) is 1.15. The number of likely N-dealkylation sites (tertiary alicyclic amines) is 1. The molecule has 1 aliphatic rings. The maximum absolute atomic E-state index is 12.7. The van der Waals surface area contributed by atoms with Crippen molar-refractivity contribution in [2.24, 2.45) is 5.92 Å². The molecule has 1 aliphatic heterocycles. The van der Waals surface area contributed by atoms with Crippen molar-refractivity contribution >= 4 is 34.0 Å². The number of nitrogens with zero attached hydrogens (tertiary/aromatic N) is 3. The Balaban J connectivity index is 1.76. The van der Waals surface area contributed by atoms with E-state index < -0.39 is 11.0 Å². The largest absolute Gasteiger partial charge is 0.330 e. The van der Waals surface area contributed by atoms with Crippen LogP contribution in [0.25, 0.3) is 11.3 Å². The van der Waals surface area contributed by atoms with Gasteiger partial charge in [-0.3, -0.25) is 19.7 Å². The lowest BCUT2D eigenvalue weighted by Gasteiger charge is -2.29. The molecule has 0 spiro atoms. The number of nitro groups is 1. The fourth-order valence-electron chi connectivity index (χ4n) is 3.19. The first-order valence-electron chi connectivity index (χ1n) is 8.67. The number of thiazole rings is 1. The maximum atomic E-state index is 12.7. The van der Waals surface area contributed by atoms with E-state index in [4.69, 9.17) is 0 Å². The second kappa shape index (κ2) is 7.83. The molecule has 0 radical (unpaired) electrons. The number of carbonyl (C=O) groups is 2.